The SMILES string of the molecule is CN(Cc1ccc(N(C)C)cc1)C(=O)NCC1CCN(C(=O)OC(C)(C)C)CC1. The Morgan fingerprint density at radius 1 is 1.10 bits per heavy atom. The number of amides is 3. The Morgan fingerprint density at radius 3 is 2.21 bits per heavy atom. The zero-order chi connectivity index (χ0) is 21.6. The molecule has 1 N–H and O–H groups in total. The first-order valence-electron chi connectivity index (χ1n) is 10.3. The van der Waals surface area contributed by atoms with Crippen molar-refractivity contribution in [3.05, 3.63) is 29.8 Å². The molecule has 0 aromatic heterocycles. The zero-order valence-corrected chi connectivity index (χ0v) is 18.7. The Hall–Kier alpha value is -2.44. The molecule has 1 aliphatic rings. The minimum Gasteiger partial charge on any atom is -0.444 e. The maximum absolute atomic E-state index is 12.4. The molecule has 1 saturated heterocycles. The Bertz CT molecular complexity index is 674. The quantitative estimate of drug-likeness (QED) is 0.815. The summed E-state index contributed by atoms with van der Waals surface area (Å²) >= 11 is 0. The van der Waals surface area contributed by atoms with Crippen LogP contribution < -0.4 is 10.2 Å². The summed E-state index contributed by atoms with van der Waals surface area (Å²) in [6.07, 6.45) is 1.49. The van der Waals surface area contributed by atoms with Crippen LogP contribution in [0.5, 0.6) is 0 Å². The summed E-state index contributed by atoms with van der Waals surface area (Å²) in [5.74, 6) is 0.380. The summed E-state index contributed by atoms with van der Waals surface area (Å²) in [5, 5.41) is 3.03. The highest BCUT2D eigenvalue weighted by Gasteiger charge is 2.27. The van der Waals surface area contributed by atoms with E-state index in [1.807, 2.05) is 51.9 Å². The van der Waals surface area contributed by atoms with Gasteiger partial charge in [0.05, 0.1) is 0 Å². The van der Waals surface area contributed by atoms with Crippen LogP contribution in [-0.4, -0.2) is 68.3 Å². The first-order chi connectivity index (χ1) is 13.5. The molecule has 29 heavy (non-hydrogen) atoms. The molecule has 0 unspecified atom stereocenters. The van der Waals surface area contributed by atoms with Crippen LogP contribution in [0.15, 0.2) is 24.3 Å². The van der Waals surface area contributed by atoms with E-state index in [2.05, 4.69) is 17.4 Å². The lowest BCUT2D eigenvalue weighted by Crippen LogP contribution is -2.45. The summed E-state index contributed by atoms with van der Waals surface area (Å²) in [4.78, 5) is 30.1. The third-order valence-electron chi connectivity index (χ3n) is 5.03. The summed E-state index contributed by atoms with van der Waals surface area (Å²) in [6.45, 7) is 8.16. The number of nitrogens with zero attached hydrogens (tertiary/aromatic N) is 3. The lowest BCUT2D eigenvalue weighted by molar-refractivity contribution is 0.0184. The molecule has 7 heteroatoms. The molecule has 1 aliphatic heterocycles. The molecule has 7 nitrogen and oxygen atoms in total. The molecule has 0 spiro atoms. The van der Waals surface area contributed by atoms with Gasteiger partial charge in [-0.2, -0.15) is 0 Å². The van der Waals surface area contributed by atoms with Crippen molar-refractivity contribution in [2.75, 3.05) is 45.7 Å². The largest absolute Gasteiger partial charge is 0.444 e. The van der Waals surface area contributed by atoms with E-state index in [9.17, 15) is 9.59 Å². The number of likely N-dealkylation sites (tertiary alicyclic amines) is 1. The van der Waals surface area contributed by atoms with E-state index in [-0.39, 0.29) is 12.1 Å². The minimum atomic E-state index is -0.473. The van der Waals surface area contributed by atoms with Crippen molar-refractivity contribution in [1.82, 2.24) is 15.1 Å². The van der Waals surface area contributed by atoms with Crippen LogP contribution in [-0.2, 0) is 11.3 Å². The van der Waals surface area contributed by atoms with Gasteiger partial charge in [-0.1, -0.05) is 12.1 Å². The van der Waals surface area contributed by atoms with Crippen LogP contribution in [0.1, 0.15) is 39.2 Å². The molecule has 0 bridgehead atoms. The van der Waals surface area contributed by atoms with Crippen LogP contribution >= 0.6 is 0 Å². The van der Waals surface area contributed by atoms with Gasteiger partial charge in [0, 0.05) is 53.0 Å². The smallest absolute Gasteiger partial charge is 0.410 e. The topological polar surface area (TPSA) is 65.1 Å². The zero-order valence-electron chi connectivity index (χ0n) is 18.7. The summed E-state index contributed by atoms with van der Waals surface area (Å²) in [6, 6.07) is 8.13. The number of piperidine rings is 1. The number of benzene rings is 1. The van der Waals surface area contributed by atoms with Gasteiger partial charge in [0.25, 0.3) is 0 Å². The van der Waals surface area contributed by atoms with Crippen molar-refractivity contribution < 1.29 is 14.3 Å². The van der Waals surface area contributed by atoms with Crippen LogP contribution in [0.2, 0.25) is 0 Å². The standard InChI is InChI=1S/C22H36N4O3/c1-22(2,3)29-21(28)26-13-11-17(12-14-26)15-23-20(27)25(6)16-18-7-9-19(10-8-18)24(4)5/h7-10,17H,11-16H2,1-6H3,(H,23,27). The second-order valence-corrected chi connectivity index (χ2v) is 9.01. The van der Waals surface area contributed by atoms with Crippen molar-refractivity contribution in [3.8, 4) is 0 Å². The van der Waals surface area contributed by atoms with E-state index >= 15 is 0 Å². The van der Waals surface area contributed by atoms with E-state index in [1.54, 1.807) is 16.8 Å². The van der Waals surface area contributed by atoms with Gasteiger partial charge in [-0.25, -0.2) is 9.59 Å². The predicted octanol–water partition coefficient (Wildman–Crippen LogP) is 3.54. The number of carbonyl (C=O) groups excluding carboxylic acids is 2. The van der Waals surface area contributed by atoms with Crippen molar-refractivity contribution >= 4 is 17.8 Å². The molecule has 162 valence electrons. The maximum Gasteiger partial charge on any atom is 0.410 e. The fourth-order valence-electron chi connectivity index (χ4n) is 3.26. The number of rotatable bonds is 5. The number of ether oxygens (including phenoxy) is 1. The fourth-order valence-corrected chi connectivity index (χ4v) is 3.26. The average molecular weight is 405 g/mol. The summed E-state index contributed by atoms with van der Waals surface area (Å²) in [5.41, 5.74) is 1.76. The van der Waals surface area contributed by atoms with Crippen LogP contribution in [0.4, 0.5) is 15.3 Å². The number of urea groups is 1. The highest BCUT2D eigenvalue weighted by molar-refractivity contribution is 5.73. The van der Waals surface area contributed by atoms with Crippen LogP contribution in [0, 0.1) is 5.92 Å². The van der Waals surface area contributed by atoms with E-state index in [1.165, 1.54) is 0 Å². The molecule has 1 heterocycles. The molecule has 0 atom stereocenters. The third-order valence-corrected chi connectivity index (χ3v) is 5.03. The molecule has 0 saturated carbocycles. The van der Waals surface area contributed by atoms with Crippen molar-refractivity contribution in [2.45, 2.75) is 45.8 Å². The van der Waals surface area contributed by atoms with Gasteiger partial charge < -0.3 is 24.8 Å². The van der Waals surface area contributed by atoms with Gasteiger partial charge in [-0.05, 0) is 57.2 Å². The summed E-state index contributed by atoms with van der Waals surface area (Å²) in [7, 11) is 5.82. The van der Waals surface area contributed by atoms with E-state index in [0.717, 1.165) is 24.1 Å². The van der Waals surface area contributed by atoms with Crippen LogP contribution in [0.25, 0.3) is 0 Å². The lowest BCUT2D eigenvalue weighted by atomic mass is 9.97. The predicted molar refractivity (Wildman–Crippen MR) is 116 cm³/mol. The highest BCUT2D eigenvalue weighted by atomic mass is 16.6. The molecule has 1 fully saturated rings. The second kappa shape index (κ2) is 9.85. The average Bonchev–Trinajstić information content (AvgIpc) is 2.65. The second-order valence-electron chi connectivity index (χ2n) is 9.01. The number of anilines is 1. The molecule has 0 aliphatic carbocycles. The van der Waals surface area contributed by atoms with E-state index in [0.29, 0.717) is 32.1 Å². The van der Waals surface area contributed by atoms with Gasteiger partial charge in [0.15, 0.2) is 0 Å². The first kappa shape index (κ1) is 22.8. The minimum absolute atomic E-state index is 0.0729. The maximum atomic E-state index is 12.4. The number of hydrogen-bond donors (Lipinski definition) is 1. The van der Waals surface area contributed by atoms with E-state index in [4.69, 9.17) is 4.74 Å². The molecule has 3 amide bonds. The number of carbonyl (C=O) groups is 2. The highest BCUT2D eigenvalue weighted by Crippen LogP contribution is 2.19. The molecular formula is C22H36N4O3. The third kappa shape index (κ3) is 7.48. The monoisotopic (exact) mass is 404 g/mol. The fraction of sp³-hybridized carbons (Fsp3) is 0.636. The number of hydrogen-bond acceptors (Lipinski definition) is 4. The van der Waals surface area contributed by atoms with Gasteiger partial charge >= 0.3 is 12.1 Å². The Morgan fingerprint density at radius 2 is 1.69 bits per heavy atom. The van der Waals surface area contributed by atoms with Gasteiger partial charge in [-0.3, -0.25) is 0 Å². The van der Waals surface area contributed by atoms with Crippen LogP contribution in [0.3, 0.4) is 0 Å². The molecule has 1 aromatic rings. The molecule has 1 aromatic carbocycles. The van der Waals surface area contributed by atoms with E-state index < -0.39 is 5.60 Å². The molecule has 0 radical (unpaired) electrons. The number of nitrogens with one attached hydrogen (secondary N) is 1. The Labute approximate surface area is 175 Å². The van der Waals surface area contributed by atoms with Gasteiger partial charge in [0.1, 0.15) is 5.60 Å². The van der Waals surface area contributed by atoms with Crippen molar-refractivity contribution in [2.24, 2.45) is 5.92 Å². The Balaban J connectivity index is 1.72. The molecular weight excluding hydrogens is 368 g/mol. The molecule has 2 rings (SSSR count). The normalized spacial score (nSPS) is 15.0. The van der Waals surface area contributed by atoms with Crippen molar-refractivity contribution in [3.63, 3.8) is 0 Å². The lowest BCUT2D eigenvalue weighted by Gasteiger charge is -2.33. The Kier molecular flexibility index (Phi) is 7.76. The summed E-state index contributed by atoms with van der Waals surface area (Å²) < 4.78 is 5.43. The first-order valence-corrected chi connectivity index (χ1v) is 10.3. The van der Waals surface area contributed by atoms with Crippen molar-refractivity contribution in [1.29, 1.82) is 0 Å². The van der Waals surface area contributed by atoms with Gasteiger partial charge in [-0.15, -0.1) is 0 Å². The van der Waals surface area contributed by atoms with Gasteiger partial charge in [0.2, 0.25) is 0 Å².